The molecule has 0 N–H and O–H groups in total. The van der Waals surface area contributed by atoms with Gasteiger partial charge >= 0.3 is 0 Å². The van der Waals surface area contributed by atoms with Gasteiger partial charge in [0.15, 0.2) is 5.78 Å². The quantitative estimate of drug-likeness (QED) is 0.418. The molecule has 0 aliphatic heterocycles. The lowest BCUT2D eigenvalue weighted by Crippen LogP contribution is -1.95. The largest absolute Gasteiger partial charge is 0.501 e. The van der Waals surface area contributed by atoms with Crippen molar-refractivity contribution < 1.29 is 13.9 Å². The first kappa shape index (κ1) is 10.4. The van der Waals surface area contributed by atoms with E-state index in [1.54, 1.807) is 6.07 Å². The van der Waals surface area contributed by atoms with Crippen LogP contribution < -0.4 is 0 Å². The number of carbonyl (C=O) groups is 1. The first-order chi connectivity index (χ1) is 6.74. The summed E-state index contributed by atoms with van der Waals surface area (Å²) in [5.41, 5.74) is 0.320. The number of allylic oxidation sites excluding steroid dienone is 1. The number of hydrogen-bond acceptors (Lipinski definition) is 2. The summed E-state index contributed by atoms with van der Waals surface area (Å²) in [4.78, 5) is 11.3. The fourth-order valence-electron chi connectivity index (χ4n) is 0.944. The molecule has 0 aliphatic rings. The molecule has 3 heteroatoms. The monoisotopic (exact) mass is 194 g/mol. The molecule has 1 rings (SSSR count). The predicted octanol–water partition coefficient (Wildman–Crippen LogP) is 2.56. The van der Waals surface area contributed by atoms with Crippen molar-refractivity contribution in [2.45, 2.75) is 6.92 Å². The van der Waals surface area contributed by atoms with Crippen molar-refractivity contribution in [1.82, 2.24) is 0 Å². The van der Waals surface area contributed by atoms with Gasteiger partial charge in [-0.05, 0) is 19.1 Å². The summed E-state index contributed by atoms with van der Waals surface area (Å²) >= 11 is 0. The van der Waals surface area contributed by atoms with Crippen molar-refractivity contribution in [2.75, 3.05) is 6.61 Å². The molecule has 0 fully saturated rings. The van der Waals surface area contributed by atoms with Crippen LogP contribution in [0, 0.1) is 5.82 Å². The highest BCUT2D eigenvalue weighted by atomic mass is 19.1. The molecule has 0 bridgehead atoms. The summed E-state index contributed by atoms with van der Waals surface area (Å²) < 4.78 is 17.6. The summed E-state index contributed by atoms with van der Waals surface area (Å²) in [5, 5.41) is 0. The number of hydrogen-bond donors (Lipinski definition) is 0. The molecule has 2 nitrogen and oxygen atoms in total. The average Bonchev–Trinajstić information content (AvgIpc) is 2.18. The molecule has 0 amide bonds. The van der Waals surface area contributed by atoms with Gasteiger partial charge < -0.3 is 4.74 Å². The van der Waals surface area contributed by atoms with E-state index in [-0.39, 0.29) is 5.78 Å². The second-order valence-electron chi connectivity index (χ2n) is 2.63. The molecular weight excluding hydrogens is 183 g/mol. The van der Waals surface area contributed by atoms with Gasteiger partial charge in [0.05, 0.1) is 12.9 Å². The summed E-state index contributed by atoms with van der Waals surface area (Å²) in [7, 11) is 0. The normalized spacial score (nSPS) is 10.4. The van der Waals surface area contributed by atoms with Crippen LogP contribution in [0.15, 0.2) is 36.6 Å². The summed E-state index contributed by atoms with van der Waals surface area (Å²) in [6.07, 6.45) is 2.59. The molecular formula is C11H11FO2. The predicted molar refractivity (Wildman–Crippen MR) is 51.5 cm³/mol. The summed E-state index contributed by atoms with van der Waals surface area (Å²) in [5.74, 6) is -0.682. The Hall–Kier alpha value is -1.64. The SMILES string of the molecule is CCO/C=C/C(=O)c1cccc(F)c1. The zero-order valence-electron chi connectivity index (χ0n) is 7.87. The first-order valence-electron chi connectivity index (χ1n) is 4.32. The molecule has 0 radical (unpaired) electrons. The Balaban J connectivity index is 2.70. The Kier molecular flexibility index (Phi) is 3.85. The Morgan fingerprint density at radius 1 is 1.57 bits per heavy atom. The van der Waals surface area contributed by atoms with E-state index in [0.717, 1.165) is 0 Å². The number of benzene rings is 1. The second kappa shape index (κ2) is 5.17. The number of carbonyl (C=O) groups excluding carboxylic acids is 1. The molecule has 0 aliphatic carbocycles. The molecule has 0 spiro atoms. The van der Waals surface area contributed by atoms with Crippen LogP contribution in [0.5, 0.6) is 0 Å². The van der Waals surface area contributed by atoms with Crippen LogP contribution in [0.4, 0.5) is 4.39 Å². The average molecular weight is 194 g/mol. The molecule has 0 unspecified atom stereocenters. The van der Waals surface area contributed by atoms with Crippen molar-refractivity contribution in [2.24, 2.45) is 0 Å². The molecule has 1 aromatic rings. The van der Waals surface area contributed by atoms with Crippen molar-refractivity contribution in [3.63, 3.8) is 0 Å². The van der Waals surface area contributed by atoms with E-state index in [9.17, 15) is 9.18 Å². The fraction of sp³-hybridized carbons (Fsp3) is 0.182. The van der Waals surface area contributed by atoms with Crippen molar-refractivity contribution in [3.8, 4) is 0 Å². The van der Waals surface area contributed by atoms with Crippen molar-refractivity contribution in [3.05, 3.63) is 48.0 Å². The van der Waals surface area contributed by atoms with Gasteiger partial charge in [0.25, 0.3) is 0 Å². The molecule has 0 aromatic heterocycles. The second-order valence-corrected chi connectivity index (χ2v) is 2.63. The zero-order chi connectivity index (χ0) is 10.4. The molecule has 14 heavy (non-hydrogen) atoms. The minimum absolute atomic E-state index is 0.266. The maximum atomic E-state index is 12.7. The van der Waals surface area contributed by atoms with Crippen LogP contribution in [0.2, 0.25) is 0 Å². The highest BCUT2D eigenvalue weighted by Gasteiger charge is 2.01. The Labute approximate surface area is 82.0 Å². The minimum Gasteiger partial charge on any atom is -0.501 e. The lowest BCUT2D eigenvalue weighted by molar-refractivity contribution is 0.104. The van der Waals surface area contributed by atoms with Gasteiger partial charge in [-0.2, -0.15) is 0 Å². The summed E-state index contributed by atoms with van der Waals surface area (Å²) in [6.45, 7) is 2.32. The van der Waals surface area contributed by atoms with Crippen LogP contribution in [0.25, 0.3) is 0 Å². The van der Waals surface area contributed by atoms with E-state index in [4.69, 9.17) is 4.74 Å². The molecule has 0 saturated carbocycles. The smallest absolute Gasteiger partial charge is 0.188 e. The van der Waals surface area contributed by atoms with E-state index in [0.29, 0.717) is 12.2 Å². The number of ether oxygens (including phenoxy) is 1. The van der Waals surface area contributed by atoms with Gasteiger partial charge in [-0.25, -0.2) is 4.39 Å². The van der Waals surface area contributed by atoms with Gasteiger partial charge in [0.1, 0.15) is 5.82 Å². The maximum absolute atomic E-state index is 12.7. The van der Waals surface area contributed by atoms with Crippen LogP contribution in [0.3, 0.4) is 0 Å². The Morgan fingerprint density at radius 3 is 3.00 bits per heavy atom. The van der Waals surface area contributed by atoms with Crippen LogP contribution in [-0.4, -0.2) is 12.4 Å². The summed E-state index contributed by atoms with van der Waals surface area (Å²) in [6, 6.07) is 5.54. The molecule has 0 saturated heterocycles. The third-order valence-electron chi connectivity index (χ3n) is 1.59. The lowest BCUT2D eigenvalue weighted by atomic mass is 10.1. The van der Waals surface area contributed by atoms with E-state index in [1.165, 1.54) is 30.5 Å². The van der Waals surface area contributed by atoms with Gasteiger partial charge in [-0.1, -0.05) is 12.1 Å². The van der Waals surface area contributed by atoms with E-state index in [2.05, 4.69) is 0 Å². The number of ketones is 1. The molecule has 0 heterocycles. The third-order valence-corrected chi connectivity index (χ3v) is 1.59. The standard InChI is InChI=1S/C11H11FO2/c1-2-14-7-6-11(13)9-4-3-5-10(12)8-9/h3-8H,2H2,1H3/b7-6+. The lowest BCUT2D eigenvalue weighted by Gasteiger charge is -1.95. The van der Waals surface area contributed by atoms with Gasteiger partial charge in [0.2, 0.25) is 0 Å². The van der Waals surface area contributed by atoms with Crippen molar-refractivity contribution >= 4 is 5.78 Å². The first-order valence-corrected chi connectivity index (χ1v) is 4.32. The fourth-order valence-corrected chi connectivity index (χ4v) is 0.944. The van der Waals surface area contributed by atoms with E-state index < -0.39 is 5.82 Å². The molecule has 1 aromatic carbocycles. The Morgan fingerprint density at radius 2 is 2.36 bits per heavy atom. The molecule has 0 atom stereocenters. The van der Waals surface area contributed by atoms with Crippen LogP contribution in [0.1, 0.15) is 17.3 Å². The zero-order valence-corrected chi connectivity index (χ0v) is 7.87. The van der Waals surface area contributed by atoms with Gasteiger partial charge in [0, 0.05) is 11.6 Å². The third kappa shape index (κ3) is 3.01. The maximum Gasteiger partial charge on any atom is 0.188 e. The topological polar surface area (TPSA) is 26.3 Å². The minimum atomic E-state index is -0.416. The van der Waals surface area contributed by atoms with E-state index >= 15 is 0 Å². The van der Waals surface area contributed by atoms with Gasteiger partial charge in [-0.15, -0.1) is 0 Å². The van der Waals surface area contributed by atoms with Crippen LogP contribution >= 0.6 is 0 Å². The van der Waals surface area contributed by atoms with Crippen LogP contribution in [-0.2, 0) is 4.74 Å². The number of rotatable bonds is 4. The molecule has 74 valence electrons. The highest BCUT2D eigenvalue weighted by Crippen LogP contribution is 2.04. The highest BCUT2D eigenvalue weighted by molar-refractivity contribution is 6.04. The van der Waals surface area contributed by atoms with E-state index in [1.807, 2.05) is 6.92 Å². The number of halogens is 1. The van der Waals surface area contributed by atoms with Crippen molar-refractivity contribution in [1.29, 1.82) is 0 Å². The Bertz CT molecular complexity index is 345. The van der Waals surface area contributed by atoms with Gasteiger partial charge in [-0.3, -0.25) is 4.79 Å².